The second-order valence-corrected chi connectivity index (χ2v) is 4.01. The van der Waals surface area contributed by atoms with Gasteiger partial charge in [0, 0.05) is 10.8 Å². The molecule has 0 heterocycles. The summed E-state index contributed by atoms with van der Waals surface area (Å²) >= 11 is 7.28. The molecule has 0 radical (unpaired) electrons. The quantitative estimate of drug-likeness (QED) is 0.836. The fourth-order valence-electron chi connectivity index (χ4n) is 0.896. The van der Waals surface area contributed by atoms with Gasteiger partial charge in [-0.15, -0.1) is 11.8 Å². The molecule has 1 aromatic rings. The monoisotopic (exact) mass is 215 g/mol. The van der Waals surface area contributed by atoms with Gasteiger partial charge in [0.05, 0.1) is 5.75 Å². The summed E-state index contributed by atoms with van der Waals surface area (Å²) in [5, 5.41) is 0.720. The molecule has 2 nitrogen and oxygen atoms in total. The van der Waals surface area contributed by atoms with Crippen molar-refractivity contribution in [3.05, 3.63) is 34.9 Å². The predicted octanol–water partition coefficient (Wildman–Crippen LogP) is 2.06. The van der Waals surface area contributed by atoms with Gasteiger partial charge in [-0.3, -0.25) is 4.79 Å². The average Bonchev–Trinajstić information content (AvgIpc) is 2.03. The summed E-state index contributed by atoms with van der Waals surface area (Å²) in [6, 6.07) is 7.57. The molecule has 0 bridgehead atoms. The van der Waals surface area contributed by atoms with Crippen LogP contribution < -0.4 is 5.73 Å². The summed E-state index contributed by atoms with van der Waals surface area (Å²) in [4.78, 5) is 10.4. The SMILES string of the molecule is NC(=O)CSCc1cccc(Cl)c1. The minimum absolute atomic E-state index is 0.285. The van der Waals surface area contributed by atoms with Gasteiger partial charge in [-0.25, -0.2) is 0 Å². The van der Waals surface area contributed by atoms with E-state index < -0.39 is 0 Å². The third-order valence-electron chi connectivity index (χ3n) is 1.40. The molecule has 0 spiro atoms. The molecule has 1 amide bonds. The first kappa shape index (κ1) is 10.4. The molecule has 0 saturated carbocycles. The van der Waals surface area contributed by atoms with E-state index in [0.717, 1.165) is 16.3 Å². The van der Waals surface area contributed by atoms with Gasteiger partial charge in [0.2, 0.25) is 5.91 Å². The number of carbonyl (C=O) groups is 1. The van der Waals surface area contributed by atoms with E-state index in [2.05, 4.69) is 0 Å². The smallest absolute Gasteiger partial charge is 0.227 e. The van der Waals surface area contributed by atoms with Gasteiger partial charge >= 0.3 is 0 Å². The number of nitrogens with two attached hydrogens (primary N) is 1. The molecule has 0 fully saturated rings. The van der Waals surface area contributed by atoms with Gasteiger partial charge in [-0.05, 0) is 17.7 Å². The Labute approximate surface area is 86.5 Å². The van der Waals surface area contributed by atoms with Crippen LogP contribution in [0, 0.1) is 0 Å². The second-order valence-electron chi connectivity index (χ2n) is 2.59. The number of benzene rings is 1. The molecule has 0 aliphatic rings. The highest BCUT2D eigenvalue weighted by Gasteiger charge is 1.97. The number of thioether (sulfide) groups is 1. The number of hydrogen-bond donors (Lipinski definition) is 1. The van der Waals surface area contributed by atoms with Crippen LogP contribution in [0.5, 0.6) is 0 Å². The van der Waals surface area contributed by atoms with Crippen LogP contribution in [0.25, 0.3) is 0 Å². The molecular weight excluding hydrogens is 206 g/mol. The zero-order valence-corrected chi connectivity index (χ0v) is 8.57. The standard InChI is InChI=1S/C9H10ClNOS/c10-8-3-1-2-7(4-8)5-13-6-9(11)12/h1-4H,5-6H2,(H2,11,12). The van der Waals surface area contributed by atoms with Crippen molar-refractivity contribution < 1.29 is 4.79 Å². The average molecular weight is 216 g/mol. The van der Waals surface area contributed by atoms with Crippen LogP contribution in [0.1, 0.15) is 5.56 Å². The zero-order chi connectivity index (χ0) is 9.68. The van der Waals surface area contributed by atoms with E-state index in [1.807, 2.05) is 24.3 Å². The van der Waals surface area contributed by atoms with Crippen molar-refractivity contribution in [2.75, 3.05) is 5.75 Å². The van der Waals surface area contributed by atoms with Gasteiger partial charge in [0.1, 0.15) is 0 Å². The number of rotatable bonds is 4. The molecule has 70 valence electrons. The Morgan fingerprint density at radius 3 is 2.92 bits per heavy atom. The predicted molar refractivity (Wildman–Crippen MR) is 56.8 cm³/mol. The summed E-state index contributed by atoms with van der Waals surface area (Å²) < 4.78 is 0. The molecule has 0 atom stereocenters. The zero-order valence-electron chi connectivity index (χ0n) is 7.00. The molecule has 1 aromatic carbocycles. The van der Waals surface area contributed by atoms with Crippen LogP contribution in [0.4, 0.5) is 0 Å². The summed E-state index contributed by atoms with van der Waals surface area (Å²) in [5.74, 6) is 0.836. The van der Waals surface area contributed by atoms with Crippen molar-refractivity contribution in [2.24, 2.45) is 5.73 Å². The van der Waals surface area contributed by atoms with Crippen LogP contribution in [0.3, 0.4) is 0 Å². The maximum absolute atomic E-state index is 10.4. The molecule has 0 aliphatic heterocycles. The molecule has 1 rings (SSSR count). The van der Waals surface area contributed by atoms with Crippen molar-refractivity contribution in [2.45, 2.75) is 5.75 Å². The Morgan fingerprint density at radius 2 is 2.31 bits per heavy atom. The third kappa shape index (κ3) is 4.20. The van der Waals surface area contributed by atoms with E-state index in [-0.39, 0.29) is 5.91 Å². The first-order valence-electron chi connectivity index (χ1n) is 3.79. The molecule has 13 heavy (non-hydrogen) atoms. The molecular formula is C9H10ClNOS. The largest absolute Gasteiger partial charge is 0.369 e. The minimum atomic E-state index is -0.285. The van der Waals surface area contributed by atoms with E-state index in [9.17, 15) is 4.79 Å². The Balaban J connectivity index is 2.41. The van der Waals surface area contributed by atoms with E-state index in [0.29, 0.717) is 5.75 Å². The fraction of sp³-hybridized carbons (Fsp3) is 0.222. The van der Waals surface area contributed by atoms with Crippen molar-refractivity contribution in [1.29, 1.82) is 0 Å². The summed E-state index contributed by atoms with van der Waals surface area (Å²) in [6.07, 6.45) is 0. The lowest BCUT2D eigenvalue weighted by atomic mass is 10.2. The highest BCUT2D eigenvalue weighted by Crippen LogP contribution is 2.15. The maximum atomic E-state index is 10.4. The van der Waals surface area contributed by atoms with E-state index in [1.165, 1.54) is 11.8 Å². The fourth-order valence-corrected chi connectivity index (χ4v) is 1.83. The topological polar surface area (TPSA) is 43.1 Å². The van der Waals surface area contributed by atoms with Crippen molar-refractivity contribution in [1.82, 2.24) is 0 Å². The second kappa shape index (κ2) is 5.14. The number of halogens is 1. The van der Waals surface area contributed by atoms with Crippen molar-refractivity contribution in [3.63, 3.8) is 0 Å². The summed E-state index contributed by atoms with van der Waals surface area (Å²) in [5.41, 5.74) is 6.11. The van der Waals surface area contributed by atoms with Gasteiger partial charge in [0.15, 0.2) is 0 Å². The normalized spacial score (nSPS) is 9.92. The highest BCUT2D eigenvalue weighted by atomic mass is 35.5. The highest BCUT2D eigenvalue weighted by molar-refractivity contribution is 7.99. The van der Waals surface area contributed by atoms with Crippen LogP contribution in [0.15, 0.2) is 24.3 Å². The minimum Gasteiger partial charge on any atom is -0.369 e. The Kier molecular flexibility index (Phi) is 4.12. The van der Waals surface area contributed by atoms with Crippen LogP contribution >= 0.6 is 23.4 Å². The molecule has 0 saturated heterocycles. The lowest BCUT2D eigenvalue weighted by Gasteiger charge is -1.99. The lowest BCUT2D eigenvalue weighted by molar-refractivity contribution is -0.115. The third-order valence-corrected chi connectivity index (χ3v) is 2.66. The van der Waals surface area contributed by atoms with E-state index >= 15 is 0 Å². The van der Waals surface area contributed by atoms with Gasteiger partial charge < -0.3 is 5.73 Å². The Bertz CT molecular complexity index is 303. The number of primary amides is 1. The molecule has 0 aromatic heterocycles. The molecule has 2 N–H and O–H groups in total. The Hall–Kier alpha value is -0.670. The first-order chi connectivity index (χ1) is 6.18. The van der Waals surface area contributed by atoms with E-state index in [4.69, 9.17) is 17.3 Å². The van der Waals surface area contributed by atoms with E-state index in [1.54, 1.807) is 0 Å². The van der Waals surface area contributed by atoms with Crippen molar-refractivity contribution >= 4 is 29.3 Å². The van der Waals surface area contributed by atoms with Gasteiger partial charge in [-0.2, -0.15) is 0 Å². The summed E-state index contributed by atoms with van der Waals surface area (Å²) in [7, 11) is 0. The van der Waals surface area contributed by atoms with Gasteiger partial charge in [0.25, 0.3) is 0 Å². The molecule has 0 unspecified atom stereocenters. The van der Waals surface area contributed by atoms with Gasteiger partial charge in [-0.1, -0.05) is 23.7 Å². The number of amides is 1. The van der Waals surface area contributed by atoms with Crippen LogP contribution in [-0.4, -0.2) is 11.7 Å². The number of carbonyl (C=O) groups excluding carboxylic acids is 1. The lowest BCUT2D eigenvalue weighted by Crippen LogP contribution is -2.13. The Morgan fingerprint density at radius 1 is 1.54 bits per heavy atom. The molecule has 0 aliphatic carbocycles. The summed E-state index contributed by atoms with van der Waals surface area (Å²) in [6.45, 7) is 0. The maximum Gasteiger partial charge on any atom is 0.227 e. The van der Waals surface area contributed by atoms with Crippen molar-refractivity contribution in [3.8, 4) is 0 Å². The van der Waals surface area contributed by atoms with Crippen LogP contribution in [-0.2, 0) is 10.5 Å². The van der Waals surface area contributed by atoms with Crippen LogP contribution in [0.2, 0.25) is 5.02 Å². The molecule has 4 heteroatoms. The first-order valence-corrected chi connectivity index (χ1v) is 5.32. The number of hydrogen-bond acceptors (Lipinski definition) is 2.